The van der Waals surface area contributed by atoms with Crippen molar-refractivity contribution in [2.24, 2.45) is 0 Å². The Labute approximate surface area is 137 Å². The topological polar surface area (TPSA) is 92.5 Å². The summed E-state index contributed by atoms with van der Waals surface area (Å²) in [7, 11) is 0. The van der Waals surface area contributed by atoms with Gasteiger partial charge in [0, 0.05) is 34.6 Å². The Balaban J connectivity index is 3.02. The summed E-state index contributed by atoms with van der Waals surface area (Å²) in [5.74, 6) is -2.63. The van der Waals surface area contributed by atoms with Gasteiger partial charge in [-0.15, -0.1) is 0 Å². The number of hydrogen-bond donors (Lipinski definition) is 4. The van der Waals surface area contributed by atoms with Crippen LogP contribution < -0.4 is 11.5 Å². The fourth-order valence-corrected chi connectivity index (χ4v) is 2.65. The highest BCUT2D eigenvalue weighted by Crippen LogP contribution is 2.59. The molecule has 0 aliphatic carbocycles. The lowest BCUT2D eigenvalue weighted by molar-refractivity contribution is -0.289. The van der Waals surface area contributed by atoms with Gasteiger partial charge in [-0.3, -0.25) is 0 Å². The Hall–Kier alpha value is -2.78. The highest BCUT2D eigenvalue weighted by atomic mass is 19.4. The number of alkyl halides is 6. The zero-order chi connectivity index (χ0) is 19.2. The summed E-state index contributed by atoms with van der Waals surface area (Å²) >= 11 is 0. The monoisotopic (exact) mass is 366 g/mol. The molecule has 136 valence electrons. The second-order valence-electron chi connectivity index (χ2n) is 5.30. The van der Waals surface area contributed by atoms with Gasteiger partial charge in [0.15, 0.2) is 0 Å². The van der Waals surface area contributed by atoms with Crippen molar-refractivity contribution in [1.82, 2.24) is 0 Å². The van der Waals surface area contributed by atoms with Crippen molar-refractivity contribution < 1.29 is 36.6 Å². The summed E-state index contributed by atoms with van der Waals surface area (Å²) in [5.41, 5.74) is 2.40. The van der Waals surface area contributed by atoms with Crippen LogP contribution in [-0.4, -0.2) is 22.6 Å². The van der Waals surface area contributed by atoms with Crippen molar-refractivity contribution in [2.75, 3.05) is 11.5 Å². The van der Waals surface area contributed by atoms with E-state index in [1.165, 1.54) is 0 Å². The van der Waals surface area contributed by atoms with Crippen LogP contribution >= 0.6 is 0 Å². The van der Waals surface area contributed by atoms with Crippen molar-refractivity contribution in [3.05, 3.63) is 47.5 Å². The van der Waals surface area contributed by atoms with Crippen LogP contribution in [0.2, 0.25) is 0 Å². The van der Waals surface area contributed by atoms with Crippen LogP contribution in [0.5, 0.6) is 11.5 Å². The Morgan fingerprint density at radius 1 is 0.640 bits per heavy atom. The molecule has 0 radical (unpaired) electrons. The number of phenolic OH excluding ortho intramolecular Hbond substituents is 2. The molecule has 2 aromatic carbocycles. The summed E-state index contributed by atoms with van der Waals surface area (Å²) in [6.45, 7) is 0. The summed E-state index contributed by atoms with van der Waals surface area (Å²) in [6.07, 6.45) is -11.9. The Morgan fingerprint density at radius 3 is 1.20 bits per heavy atom. The maximum absolute atomic E-state index is 13.8. The first kappa shape index (κ1) is 18.6. The van der Waals surface area contributed by atoms with E-state index in [4.69, 9.17) is 11.5 Å². The Morgan fingerprint density at radius 2 is 0.960 bits per heavy atom. The molecular formula is C15H12F6N2O2. The molecule has 0 aliphatic rings. The normalized spacial score (nSPS) is 13.0. The van der Waals surface area contributed by atoms with E-state index in [2.05, 4.69) is 0 Å². The quantitative estimate of drug-likeness (QED) is 0.482. The Bertz CT molecular complexity index is 734. The van der Waals surface area contributed by atoms with Crippen molar-refractivity contribution >= 4 is 11.4 Å². The lowest BCUT2D eigenvalue weighted by atomic mass is 9.72. The summed E-state index contributed by atoms with van der Waals surface area (Å²) in [4.78, 5) is 0. The second kappa shape index (κ2) is 5.64. The molecule has 2 aromatic rings. The molecular weight excluding hydrogens is 354 g/mol. The molecule has 25 heavy (non-hydrogen) atoms. The van der Waals surface area contributed by atoms with Gasteiger partial charge in [0.2, 0.25) is 5.41 Å². The number of anilines is 2. The molecule has 4 nitrogen and oxygen atoms in total. The maximum atomic E-state index is 13.8. The first-order valence-electron chi connectivity index (χ1n) is 6.63. The Kier molecular flexibility index (Phi) is 4.19. The molecule has 0 atom stereocenters. The highest BCUT2D eigenvalue weighted by molar-refractivity contribution is 5.60. The third kappa shape index (κ3) is 2.77. The minimum absolute atomic E-state index is 0.235. The zero-order valence-electron chi connectivity index (χ0n) is 12.3. The van der Waals surface area contributed by atoms with E-state index >= 15 is 0 Å². The summed E-state index contributed by atoms with van der Waals surface area (Å²) < 4.78 is 82.8. The highest BCUT2D eigenvalue weighted by Gasteiger charge is 2.74. The predicted octanol–water partition coefficient (Wildman–Crippen LogP) is 3.67. The molecule has 0 aromatic heterocycles. The van der Waals surface area contributed by atoms with Gasteiger partial charge < -0.3 is 21.7 Å². The number of phenols is 2. The molecule has 0 unspecified atom stereocenters. The van der Waals surface area contributed by atoms with Gasteiger partial charge in [-0.2, -0.15) is 26.3 Å². The number of hydrogen-bond acceptors (Lipinski definition) is 4. The molecule has 2 rings (SSSR count). The number of halogens is 6. The van der Waals surface area contributed by atoms with Gasteiger partial charge in [0.05, 0.1) is 0 Å². The van der Waals surface area contributed by atoms with Gasteiger partial charge in [-0.25, -0.2) is 0 Å². The molecule has 0 saturated heterocycles. The van der Waals surface area contributed by atoms with Crippen LogP contribution in [0.4, 0.5) is 37.7 Å². The van der Waals surface area contributed by atoms with E-state index < -0.39 is 40.4 Å². The van der Waals surface area contributed by atoms with E-state index in [0.717, 1.165) is 12.1 Å². The fourth-order valence-electron chi connectivity index (χ4n) is 2.65. The van der Waals surface area contributed by atoms with Crippen LogP contribution in [0.3, 0.4) is 0 Å². The summed E-state index contributed by atoms with van der Waals surface area (Å²) in [6, 6.07) is 3.54. The SMILES string of the molecule is Nc1ccc(C(c2ccc(N)cc2O)(C(F)(F)F)C(F)(F)F)c(O)c1. The van der Waals surface area contributed by atoms with Crippen LogP contribution in [0.25, 0.3) is 0 Å². The van der Waals surface area contributed by atoms with Crippen molar-refractivity contribution in [3.8, 4) is 11.5 Å². The minimum Gasteiger partial charge on any atom is -0.508 e. The molecule has 10 heteroatoms. The standard InChI is InChI=1S/C15H12F6N2O2/c16-14(17,18)13(15(19,20)21,9-3-1-7(22)5-11(9)24)10-4-2-8(23)6-12(10)25/h1-6,24-25H,22-23H2. The average molecular weight is 366 g/mol. The third-order valence-corrected chi connectivity index (χ3v) is 3.70. The van der Waals surface area contributed by atoms with E-state index in [9.17, 15) is 36.6 Å². The van der Waals surface area contributed by atoms with Gasteiger partial charge in [0.25, 0.3) is 0 Å². The number of nitrogen functional groups attached to an aromatic ring is 2. The van der Waals surface area contributed by atoms with Crippen LogP contribution in [-0.2, 0) is 5.41 Å². The minimum atomic E-state index is -5.95. The van der Waals surface area contributed by atoms with Gasteiger partial charge in [-0.05, 0) is 12.1 Å². The van der Waals surface area contributed by atoms with Crippen molar-refractivity contribution in [1.29, 1.82) is 0 Å². The average Bonchev–Trinajstić information content (AvgIpc) is 2.40. The number of nitrogens with two attached hydrogens (primary N) is 2. The van der Waals surface area contributed by atoms with E-state index in [1.807, 2.05) is 0 Å². The van der Waals surface area contributed by atoms with Gasteiger partial charge in [-0.1, -0.05) is 12.1 Å². The van der Waals surface area contributed by atoms with Gasteiger partial charge >= 0.3 is 12.4 Å². The lowest BCUT2D eigenvalue weighted by Gasteiger charge is -2.38. The molecule has 0 aliphatic heterocycles. The fraction of sp³-hybridized carbons (Fsp3) is 0.200. The number of rotatable bonds is 2. The first-order chi connectivity index (χ1) is 11.3. The molecule has 0 amide bonds. The van der Waals surface area contributed by atoms with Crippen molar-refractivity contribution in [3.63, 3.8) is 0 Å². The van der Waals surface area contributed by atoms with Crippen LogP contribution in [0.1, 0.15) is 11.1 Å². The lowest BCUT2D eigenvalue weighted by Crippen LogP contribution is -2.54. The molecule has 0 bridgehead atoms. The third-order valence-electron chi connectivity index (χ3n) is 3.70. The second-order valence-corrected chi connectivity index (χ2v) is 5.30. The smallest absolute Gasteiger partial charge is 0.411 e. The summed E-state index contributed by atoms with van der Waals surface area (Å²) in [5, 5.41) is 19.5. The molecule has 0 heterocycles. The van der Waals surface area contributed by atoms with E-state index in [0.29, 0.717) is 24.3 Å². The molecule has 6 N–H and O–H groups in total. The van der Waals surface area contributed by atoms with Gasteiger partial charge in [0.1, 0.15) is 11.5 Å². The van der Waals surface area contributed by atoms with E-state index in [1.54, 1.807) is 0 Å². The van der Waals surface area contributed by atoms with Crippen LogP contribution in [0, 0.1) is 0 Å². The molecule has 0 fully saturated rings. The van der Waals surface area contributed by atoms with E-state index in [-0.39, 0.29) is 11.4 Å². The maximum Gasteiger partial charge on any atom is 0.411 e. The van der Waals surface area contributed by atoms with Crippen molar-refractivity contribution in [2.45, 2.75) is 17.8 Å². The van der Waals surface area contributed by atoms with Crippen LogP contribution in [0.15, 0.2) is 36.4 Å². The zero-order valence-corrected chi connectivity index (χ0v) is 12.3. The number of benzene rings is 2. The first-order valence-corrected chi connectivity index (χ1v) is 6.63. The molecule has 0 saturated carbocycles. The number of aromatic hydroxyl groups is 2. The molecule has 0 spiro atoms. The largest absolute Gasteiger partial charge is 0.508 e. The predicted molar refractivity (Wildman–Crippen MR) is 77.9 cm³/mol.